The Hall–Kier alpha value is -1.26. The maximum atomic E-state index is 11.8. The van der Waals surface area contributed by atoms with E-state index in [1.54, 1.807) is 0 Å². The van der Waals surface area contributed by atoms with Gasteiger partial charge in [0.15, 0.2) is 0 Å². The van der Waals surface area contributed by atoms with E-state index in [9.17, 15) is 9.59 Å². The number of hydrogen-bond acceptors (Lipinski definition) is 2. The first kappa shape index (κ1) is 18.7. The third-order valence-electron chi connectivity index (χ3n) is 4.01. The van der Waals surface area contributed by atoms with Gasteiger partial charge in [-0.2, -0.15) is 0 Å². The summed E-state index contributed by atoms with van der Waals surface area (Å²) in [6.07, 6.45) is 6.50. The minimum atomic E-state index is -0.738. The van der Waals surface area contributed by atoms with Crippen molar-refractivity contribution in [3.05, 3.63) is 0 Å². The number of amides is 2. The first-order chi connectivity index (χ1) is 9.49. The predicted molar refractivity (Wildman–Crippen MR) is 80.9 cm³/mol. The topological polar surface area (TPSA) is 78.4 Å². The lowest BCUT2D eigenvalue weighted by Crippen LogP contribution is -2.51. The highest BCUT2D eigenvalue weighted by atomic mass is 16.4. The number of carboxylic acid groups (broad SMARTS) is 1. The molecule has 0 unspecified atom stereocenters. The zero-order chi connectivity index (χ0) is 15.4. The minimum absolute atomic E-state index is 0.0917. The molecule has 5 heteroatoms. The molecule has 0 aliphatic heterocycles. The van der Waals surface area contributed by atoms with Crippen LogP contribution in [0.15, 0.2) is 0 Å². The number of hydrogen-bond donors (Lipinski definition) is 3. The monoisotopic (exact) mass is 286 g/mol. The highest BCUT2D eigenvalue weighted by Crippen LogP contribution is 2.18. The summed E-state index contributed by atoms with van der Waals surface area (Å²) in [4.78, 5) is 22.1. The van der Waals surface area contributed by atoms with Crippen LogP contribution in [-0.2, 0) is 4.79 Å². The quantitative estimate of drug-likeness (QED) is 0.510. The van der Waals surface area contributed by atoms with Crippen molar-refractivity contribution < 1.29 is 14.7 Å². The first-order valence-electron chi connectivity index (χ1n) is 7.77. The van der Waals surface area contributed by atoms with E-state index in [0.717, 1.165) is 38.5 Å². The summed E-state index contributed by atoms with van der Waals surface area (Å²) >= 11 is 0. The second-order valence-corrected chi connectivity index (χ2v) is 5.28. The molecule has 118 valence electrons. The van der Waals surface area contributed by atoms with Gasteiger partial charge in [-0.3, -0.25) is 4.79 Å². The molecule has 0 aromatic carbocycles. The van der Waals surface area contributed by atoms with Crippen molar-refractivity contribution in [3.63, 3.8) is 0 Å². The molecule has 0 atom stereocenters. The fourth-order valence-corrected chi connectivity index (χ4v) is 2.26. The SMILES string of the molecule is CCC(CC)(CC)NC(=O)NCCCCCCC(=O)O. The smallest absolute Gasteiger partial charge is 0.315 e. The number of carbonyl (C=O) groups excluding carboxylic acids is 1. The van der Waals surface area contributed by atoms with E-state index in [-0.39, 0.29) is 18.0 Å². The highest BCUT2D eigenvalue weighted by molar-refractivity contribution is 5.74. The Kier molecular flexibility index (Phi) is 9.86. The predicted octanol–water partition coefficient (Wildman–Crippen LogP) is 3.29. The van der Waals surface area contributed by atoms with Gasteiger partial charge in [0.05, 0.1) is 0 Å². The van der Waals surface area contributed by atoms with Gasteiger partial charge in [0.1, 0.15) is 0 Å². The maximum absolute atomic E-state index is 11.8. The Labute approximate surface area is 122 Å². The van der Waals surface area contributed by atoms with Gasteiger partial charge in [-0.15, -0.1) is 0 Å². The summed E-state index contributed by atoms with van der Waals surface area (Å²) in [7, 11) is 0. The number of nitrogens with one attached hydrogen (secondary N) is 2. The highest BCUT2D eigenvalue weighted by Gasteiger charge is 2.25. The molecule has 0 radical (unpaired) electrons. The zero-order valence-corrected chi connectivity index (χ0v) is 13.1. The van der Waals surface area contributed by atoms with Crippen LogP contribution in [0.4, 0.5) is 4.79 Å². The van der Waals surface area contributed by atoms with Gasteiger partial charge >= 0.3 is 12.0 Å². The van der Waals surface area contributed by atoms with E-state index in [1.807, 2.05) is 0 Å². The van der Waals surface area contributed by atoms with Gasteiger partial charge in [-0.05, 0) is 32.1 Å². The summed E-state index contributed by atoms with van der Waals surface area (Å²) in [6, 6.07) is -0.0962. The van der Waals surface area contributed by atoms with Crippen molar-refractivity contribution in [1.82, 2.24) is 10.6 Å². The summed E-state index contributed by atoms with van der Waals surface area (Å²) in [5.74, 6) is -0.738. The molecule has 0 saturated heterocycles. The molecule has 0 bridgehead atoms. The molecule has 0 aromatic rings. The molecule has 0 fully saturated rings. The van der Waals surface area contributed by atoms with Crippen molar-refractivity contribution in [1.29, 1.82) is 0 Å². The Morgan fingerprint density at radius 1 is 0.950 bits per heavy atom. The Morgan fingerprint density at radius 3 is 2.00 bits per heavy atom. The second-order valence-electron chi connectivity index (χ2n) is 5.28. The number of carbonyl (C=O) groups is 2. The largest absolute Gasteiger partial charge is 0.481 e. The fraction of sp³-hybridized carbons (Fsp3) is 0.867. The molecule has 3 N–H and O–H groups in total. The minimum Gasteiger partial charge on any atom is -0.481 e. The van der Waals surface area contributed by atoms with Gasteiger partial charge in [0.25, 0.3) is 0 Å². The number of unbranched alkanes of at least 4 members (excludes halogenated alkanes) is 3. The van der Waals surface area contributed by atoms with Crippen LogP contribution in [0.25, 0.3) is 0 Å². The van der Waals surface area contributed by atoms with E-state index in [1.165, 1.54) is 0 Å². The van der Waals surface area contributed by atoms with Gasteiger partial charge < -0.3 is 15.7 Å². The van der Waals surface area contributed by atoms with Crippen LogP contribution < -0.4 is 10.6 Å². The average molecular weight is 286 g/mol. The van der Waals surface area contributed by atoms with E-state index in [4.69, 9.17) is 5.11 Å². The van der Waals surface area contributed by atoms with Crippen molar-refractivity contribution in [2.75, 3.05) is 6.54 Å². The Morgan fingerprint density at radius 2 is 1.50 bits per heavy atom. The number of carboxylic acids is 1. The van der Waals surface area contributed by atoms with Crippen LogP contribution in [0, 0.1) is 0 Å². The molecule has 2 amide bonds. The molecule has 20 heavy (non-hydrogen) atoms. The van der Waals surface area contributed by atoms with Gasteiger partial charge in [-0.25, -0.2) is 4.79 Å². The Bertz CT molecular complexity index is 281. The van der Waals surface area contributed by atoms with Crippen LogP contribution in [0.5, 0.6) is 0 Å². The molecule has 5 nitrogen and oxygen atoms in total. The van der Waals surface area contributed by atoms with E-state index < -0.39 is 5.97 Å². The molecule has 0 aliphatic carbocycles. The molecule has 0 heterocycles. The number of rotatable bonds is 11. The zero-order valence-electron chi connectivity index (χ0n) is 13.1. The molecular weight excluding hydrogens is 256 g/mol. The third-order valence-corrected chi connectivity index (χ3v) is 4.01. The maximum Gasteiger partial charge on any atom is 0.315 e. The van der Waals surface area contributed by atoms with E-state index >= 15 is 0 Å². The lowest BCUT2D eigenvalue weighted by molar-refractivity contribution is -0.137. The lowest BCUT2D eigenvalue weighted by Gasteiger charge is -2.31. The summed E-state index contributed by atoms with van der Waals surface area (Å²) in [5, 5.41) is 14.4. The molecule has 0 aliphatic rings. The van der Waals surface area contributed by atoms with Crippen molar-refractivity contribution in [2.45, 2.75) is 77.7 Å². The standard InChI is InChI=1S/C15H30N2O3/c1-4-15(5-2,6-3)17-14(20)16-12-10-8-7-9-11-13(18)19/h4-12H2,1-3H3,(H,18,19)(H2,16,17,20). The lowest BCUT2D eigenvalue weighted by atomic mass is 9.90. The summed E-state index contributed by atoms with van der Waals surface area (Å²) < 4.78 is 0. The van der Waals surface area contributed by atoms with Crippen LogP contribution in [0.1, 0.15) is 72.1 Å². The van der Waals surface area contributed by atoms with Crippen LogP contribution in [0.3, 0.4) is 0 Å². The van der Waals surface area contributed by atoms with Gasteiger partial charge in [0, 0.05) is 18.5 Å². The Balaban J connectivity index is 3.70. The molecular formula is C15H30N2O3. The van der Waals surface area contributed by atoms with Crippen molar-refractivity contribution >= 4 is 12.0 Å². The summed E-state index contributed by atoms with van der Waals surface area (Å²) in [5.41, 5.74) is -0.0917. The van der Waals surface area contributed by atoms with Gasteiger partial charge in [-0.1, -0.05) is 33.6 Å². The third kappa shape index (κ3) is 8.02. The number of urea groups is 1. The molecule has 0 saturated carbocycles. The first-order valence-corrected chi connectivity index (χ1v) is 7.77. The van der Waals surface area contributed by atoms with Crippen LogP contribution >= 0.6 is 0 Å². The number of aliphatic carboxylic acids is 1. The van der Waals surface area contributed by atoms with Crippen LogP contribution in [0.2, 0.25) is 0 Å². The van der Waals surface area contributed by atoms with Gasteiger partial charge in [0.2, 0.25) is 0 Å². The summed E-state index contributed by atoms with van der Waals surface area (Å²) in [6.45, 7) is 6.92. The fourth-order valence-electron chi connectivity index (χ4n) is 2.26. The average Bonchev–Trinajstić information content (AvgIpc) is 2.43. The normalized spacial score (nSPS) is 11.2. The second kappa shape index (κ2) is 10.5. The molecule has 0 rings (SSSR count). The van der Waals surface area contributed by atoms with Crippen molar-refractivity contribution in [2.24, 2.45) is 0 Å². The molecule has 0 aromatic heterocycles. The molecule has 0 spiro atoms. The van der Waals surface area contributed by atoms with Crippen molar-refractivity contribution in [3.8, 4) is 0 Å². The van der Waals surface area contributed by atoms with Crippen LogP contribution in [-0.4, -0.2) is 29.2 Å². The van der Waals surface area contributed by atoms with E-state index in [2.05, 4.69) is 31.4 Å². The van der Waals surface area contributed by atoms with E-state index in [0.29, 0.717) is 13.0 Å².